The number of hydrogen-bond donors (Lipinski definition) is 0. The van der Waals surface area contributed by atoms with Gasteiger partial charge < -0.3 is 4.90 Å². The minimum absolute atomic E-state index is 0.110. The summed E-state index contributed by atoms with van der Waals surface area (Å²) in [5.74, 6) is -0.344. The maximum Gasteiger partial charge on any atom is 0.405 e. The zero-order chi connectivity index (χ0) is 13.9. The average molecular weight is 256 g/mol. The van der Waals surface area contributed by atoms with Crippen molar-refractivity contribution in [2.75, 3.05) is 18.5 Å². The third kappa shape index (κ3) is 3.48. The fourth-order valence-electron chi connectivity index (χ4n) is 1.57. The van der Waals surface area contributed by atoms with Crippen molar-refractivity contribution in [3.63, 3.8) is 0 Å². The van der Waals surface area contributed by atoms with E-state index in [-0.39, 0.29) is 22.6 Å². The van der Waals surface area contributed by atoms with Gasteiger partial charge in [0, 0.05) is 18.3 Å². The fraction of sp³-hybridized carbons (Fsp3) is 0.333. The predicted molar refractivity (Wildman–Crippen MR) is 60.5 cm³/mol. The summed E-state index contributed by atoms with van der Waals surface area (Å²) in [6, 6.07) is 5.88. The largest absolute Gasteiger partial charge is 0.405 e. The van der Waals surface area contributed by atoms with Crippen molar-refractivity contribution in [3.05, 3.63) is 29.3 Å². The topological polar surface area (TPSA) is 44.1 Å². The van der Waals surface area contributed by atoms with Crippen molar-refractivity contribution in [1.29, 1.82) is 5.26 Å². The molecule has 0 unspecified atom stereocenters. The Kier molecular flexibility index (Phi) is 3.96. The third-order valence-electron chi connectivity index (χ3n) is 2.33. The van der Waals surface area contributed by atoms with Crippen molar-refractivity contribution in [3.8, 4) is 6.07 Å². The molecule has 18 heavy (non-hydrogen) atoms. The minimum Gasteiger partial charge on any atom is -0.365 e. The molecular weight excluding hydrogens is 245 g/mol. The molecule has 0 fully saturated rings. The van der Waals surface area contributed by atoms with Crippen LogP contribution in [0.3, 0.4) is 0 Å². The van der Waals surface area contributed by atoms with Crippen LogP contribution in [0.25, 0.3) is 0 Å². The molecule has 0 saturated heterocycles. The van der Waals surface area contributed by atoms with Gasteiger partial charge in [0.1, 0.15) is 6.54 Å². The van der Waals surface area contributed by atoms with Crippen LogP contribution in [0.4, 0.5) is 18.9 Å². The maximum atomic E-state index is 12.3. The predicted octanol–water partition coefficient (Wildman–Crippen LogP) is 2.76. The molecule has 0 aliphatic rings. The van der Waals surface area contributed by atoms with Gasteiger partial charge in [0.25, 0.3) is 0 Å². The van der Waals surface area contributed by atoms with Crippen LogP contribution in [0.2, 0.25) is 0 Å². The zero-order valence-corrected chi connectivity index (χ0v) is 9.88. The molecule has 0 bridgehead atoms. The van der Waals surface area contributed by atoms with Crippen LogP contribution in [0.5, 0.6) is 0 Å². The number of ketones is 1. The molecule has 96 valence electrons. The summed E-state index contributed by atoms with van der Waals surface area (Å²) in [6.45, 7) is 0.0917. The molecule has 1 aromatic carbocycles. The van der Waals surface area contributed by atoms with E-state index in [1.807, 2.05) is 6.07 Å². The number of halogens is 3. The van der Waals surface area contributed by atoms with E-state index in [1.165, 1.54) is 32.2 Å². The Morgan fingerprint density at radius 1 is 1.44 bits per heavy atom. The highest BCUT2D eigenvalue weighted by Gasteiger charge is 2.30. The van der Waals surface area contributed by atoms with Gasteiger partial charge >= 0.3 is 6.18 Å². The Morgan fingerprint density at radius 2 is 2.06 bits per heavy atom. The molecule has 0 aliphatic carbocycles. The lowest BCUT2D eigenvalue weighted by molar-refractivity contribution is -0.119. The molecule has 0 amide bonds. The lowest BCUT2D eigenvalue weighted by atomic mass is 10.1. The number of carbonyl (C=O) groups excluding carboxylic acids is 1. The number of benzene rings is 1. The summed E-state index contributed by atoms with van der Waals surface area (Å²) in [7, 11) is 1.23. The molecule has 1 rings (SSSR count). The number of anilines is 1. The fourth-order valence-corrected chi connectivity index (χ4v) is 1.57. The van der Waals surface area contributed by atoms with Gasteiger partial charge in [0.05, 0.1) is 11.6 Å². The number of Topliss-reactive ketones (excluding diaryl/α,β-unsaturated/α-hetero) is 1. The molecule has 0 radical (unpaired) electrons. The molecule has 0 N–H and O–H groups in total. The molecule has 0 aromatic heterocycles. The number of alkyl halides is 3. The van der Waals surface area contributed by atoms with Gasteiger partial charge in [-0.15, -0.1) is 0 Å². The SMILES string of the molecule is CC(=O)c1ccc(C#N)cc1N(C)CC(F)(F)F. The van der Waals surface area contributed by atoms with Crippen LogP contribution in [0.1, 0.15) is 22.8 Å². The molecule has 0 spiro atoms. The van der Waals surface area contributed by atoms with Gasteiger partial charge in [-0.2, -0.15) is 18.4 Å². The zero-order valence-electron chi connectivity index (χ0n) is 9.88. The van der Waals surface area contributed by atoms with E-state index in [2.05, 4.69) is 0 Å². The van der Waals surface area contributed by atoms with E-state index in [4.69, 9.17) is 5.26 Å². The van der Waals surface area contributed by atoms with E-state index in [1.54, 1.807) is 0 Å². The van der Waals surface area contributed by atoms with Crippen LogP contribution >= 0.6 is 0 Å². The van der Waals surface area contributed by atoms with E-state index in [0.29, 0.717) is 0 Å². The monoisotopic (exact) mass is 256 g/mol. The second kappa shape index (κ2) is 5.08. The summed E-state index contributed by atoms with van der Waals surface area (Å²) in [5.41, 5.74) is 0.489. The second-order valence-electron chi connectivity index (χ2n) is 3.87. The third-order valence-corrected chi connectivity index (χ3v) is 2.33. The minimum atomic E-state index is -4.37. The normalized spacial score (nSPS) is 10.9. The van der Waals surface area contributed by atoms with Crippen molar-refractivity contribution in [2.24, 2.45) is 0 Å². The average Bonchev–Trinajstić information content (AvgIpc) is 2.25. The first-order valence-electron chi connectivity index (χ1n) is 5.07. The van der Waals surface area contributed by atoms with Gasteiger partial charge in [0.15, 0.2) is 5.78 Å². The van der Waals surface area contributed by atoms with Gasteiger partial charge in [-0.1, -0.05) is 0 Å². The van der Waals surface area contributed by atoms with Crippen molar-refractivity contribution in [2.45, 2.75) is 13.1 Å². The van der Waals surface area contributed by atoms with Crippen LogP contribution in [0.15, 0.2) is 18.2 Å². The molecule has 0 aliphatic heterocycles. The Labute approximate surface area is 102 Å². The molecule has 0 atom stereocenters. The number of nitriles is 1. The van der Waals surface area contributed by atoms with Crippen LogP contribution < -0.4 is 4.90 Å². The Bertz CT molecular complexity index is 503. The summed E-state index contributed by atoms with van der Waals surface area (Å²) in [6.07, 6.45) is -4.37. The summed E-state index contributed by atoms with van der Waals surface area (Å²) in [4.78, 5) is 12.3. The number of carbonyl (C=O) groups is 1. The first-order chi connectivity index (χ1) is 8.24. The van der Waals surface area contributed by atoms with Gasteiger partial charge in [0.2, 0.25) is 0 Å². The molecule has 0 saturated carbocycles. The molecule has 3 nitrogen and oxygen atoms in total. The van der Waals surface area contributed by atoms with Crippen molar-refractivity contribution < 1.29 is 18.0 Å². The first-order valence-corrected chi connectivity index (χ1v) is 5.07. The molecule has 6 heteroatoms. The Morgan fingerprint density at radius 3 is 2.50 bits per heavy atom. The quantitative estimate of drug-likeness (QED) is 0.781. The van der Waals surface area contributed by atoms with Crippen LogP contribution in [-0.2, 0) is 0 Å². The van der Waals surface area contributed by atoms with E-state index in [9.17, 15) is 18.0 Å². The maximum absolute atomic E-state index is 12.3. The van der Waals surface area contributed by atoms with Crippen molar-refractivity contribution >= 4 is 11.5 Å². The summed E-state index contributed by atoms with van der Waals surface area (Å²) >= 11 is 0. The number of rotatable bonds is 3. The lowest BCUT2D eigenvalue weighted by Gasteiger charge is -2.23. The van der Waals surface area contributed by atoms with Crippen LogP contribution in [-0.4, -0.2) is 25.6 Å². The second-order valence-corrected chi connectivity index (χ2v) is 3.87. The highest BCUT2D eigenvalue weighted by molar-refractivity contribution is 6.00. The highest BCUT2D eigenvalue weighted by atomic mass is 19.4. The Hall–Kier alpha value is -2.03. The summed E-state index contributed by atoms with van der Waals surface area (Å²) in [5, 5.41) is 8.73. The smallest absolute Gasteiger partial charge is 0.365 e. The van der Waals surface area contributed by atoms with E-state index in [0.717, 1.165) is 4.90 Å². The van der Waals surface area contributed by atoms with Gasteiger partial charge in [-0.3, -0.25) is 4.79 Å². The number of nitrogens with zero attached hydrogens (tertiary/aromatic N) is 2. The van der Waals surface area contributed by atoms with E-state index < -0.39 is 12.7 Å². The lowest BCUT2D eigenvalue weighted by Crippen LogP contribution is -2.31. The standard InChI is InChI=1S/C12H11F3N2O/c1-8(18)10-4-3-9(6-16)5-11(10)17(2)7-12(13,14)15/h3-5H,7H2,1-2H3. The molecular formula is C12H11F3N2O. The molecule has 1 aromatic rings. The van der Waals surface area contributed by atoms with Crippen molar-refractivity contribution in [1.82, 2.24) is 0 Å². The highest BCUT2D eigenvalue weighted by Crippen LogP contribution is 2.25. The Balaban J connectivity index is 3.20. The van der Waals surface area contributed by atoms with E-state index >= 15 is 0 Å². The summed E-state index contributed by atoms with van der Waals surface area (Å²) < 4.78 is 36.9. The van der Waals surface area contributed by atoms with Gasteiger partial charge in [-0.05, 0) is 25.1 Å². The van der Waals surface area contributed by atoms with Gasteiger partial charge in [-0.25, -0.2) is 0 Å². The number of hydrogen-bond acceptors (Lipinski definition) is 3. The first kappa shape index (κ1) is 14.0. The molecule has 0 heterocycles. The van der Waals surface area contributed by atoms with Crippen LogP contribution in [0, 0.1) is 11.3 Å².